The summed E-state index contributed by atoms with van der Waals surface area (Å²) in [5.74, 6) is 0.781. The molecule has 0 radical (unpaired) electrons. The van der Waals surface area contributed by atoms with Crippen LogP contribution in [0.4, 0.5) is 5.69 Å². The molecule has 1 atom stereocenters. The van der Waals surface area contributed by atoms with E-state index in [0.29, 0.717) is 13.1 Å². The van der Waals surface area contributed by atoms with Crippen LogP contribution >= 0.6 is 0 Å². The van der Waals surface area contributed by atoms with Crippen molar-refractivity contribution in [3.8, 4) is 5.75 Å². The number of ether oxygens (including phenoxy) is 1. The molecule has 1 aliphatic rings. The first kappa shape index (κ1) is 13.9. The van der Waals surface area contributed by atoms with E-state index in [4.69, 9.17) is 10.5 Å². The Morgan fingerprint density at radius 3 is 2.68 bits per heavy atom. The molecule has 4 nitrogen and oxygen atoms in total. The fourth-order valence-corrected chi connectivity index (χ4v) is 2.27. The molecule has 1 aliphatic heterocycles. The summed E-state index contributed by atoms with van der Waals surface area (Å²) in [5.41, 5.74) is 7.68. The third kappa shape index (κ3) is 2.32. The van der Waals surface area contributed by atoms with Crippen LogP contribution in [0, 0.1) is 0 Å². The van der Waals surface area contributed by atoms with Gasteiger partial charge in [-0.15, -0.1) is 0 Å². The lowest BCUT2D eigenvalue weighted by Crippen LogP contribution is -2.44. The zero-order valence-corrected chi connectivity index (χ0v) is 12.1. The van der Waals surface area contributed by atoms with E-state index in [2.05, 4.69) is 13.8 Å². The maximum absolute atomic E-state index is 12.1. The van der Waals surface area contributed by atoms with Gasteiger partial charge >= 0.3 is 0 Å². The lowest BCUT2D eigenvalue weighted by molar-refractivity contribution is -0.125. The molecule has 0 spiro atoms. The minimum atomic E-state index is -0.416. The summed E-state index contributed by atoms with van der Waals surface area (Å²) in [6.07, 6.45) is -0.416. The molecular weight excluding hydrogens is 240 g/mol. The highest BCUT2D eigenvalue weighted by atomic mass is 16.5. The molecule has 0 fully saturated rings. The third-order valence-electron chi connectivity index (χ3n) is 3.78. The Hall–Kier alpha value is -1.55. The van der Waals surface area contributed by atoms with Crippen LogP contribution < -0.4 is 15.4 Å². The number of hydrogen-bond donors (Lipinski definition) is 1. The summed E-state index contributed by atoms with van der Waals surface area (Å²) in [7, 11) is 0. The number of nitrogens with zero attached hydrogens (tertiary/aromatic N) is 1. The van der Waals surface area contributed by atoms with Gasteiger partial charge in [0.1, 0.15) is 5.75 Å². The molecule has 19 heavy (non-hydrogen) atoms. The topological polar surface area (TPSA) is 55.6 Å². The van der Waals surface area contributed by atoms with Crippen molar-refractivity contribution in [2.75, 3.05) is 18.0 Å². The summed E-state index contributed by atoms with van der Waals surface area (Å²) in [5, 5.41) is 0. The van der Waals surface area contributed by atoms with E-state index in [-0.39, 0.29) is 11.3 Å². The van der Waals surface area contributed by atoms with E-state index in [9.17, 15) is 4.79 Å². The summed E-state index contributed by atoms with van der Waals surface area (Å²) in [4.78, 5) is 13.9. The Bertz CT molecular complexity index is 497. The molecule has 4 heteroatoms. The summed E-state index contributed by atoms with van der Waals surface area (Å²) in [6, 6.07) is 5.99. The van der Waals surface area contributed by atoms with Gasteiger partial charge in [0.05, 0.1) is 5.69 Å². The van der Waals surface area contributed by atoms with Crippen LogP contribution in [0.3, 0.4) is 0 Å². The van der Waals surface area contributed by atoms with Gasteiger partial charge in [-0.3, -0.25) is 4.79 Å². The molecule has 0 bridgehead atoms. The maximum atomic E-state index is 12.1. The first-order valence-corrected chi connectivity index (χ1v) is 6.73. The fourth-order valence-electron chi connectivity index (χ4n) is 2.27. The van der Waals surface area contributed by atoms with Crippen molar-refractivity contribution in [2.24, 2.45) is 5.73 Å². The second kappa shape index (κ2) is 4.85. The minimum Gasteiger partial charge on any atom is -0.479 e. The van der Waals surface area contributed by atoms with Crippen molar-refractivity contribution in [3.63, 3.8) is 0 Å². The van der Waals surface area contributed by atoms with E-state index in [1.807, 2.05) is 25.1 Å². The number of likely N-dealkylation sites (N-methyl/N-ethyl adjacent to an activating group) is 1. The van der Waals surface area contributed by atoms with Crippen LogP contribution in [0.5, 0.6) is 5.75 Å². The van der Waals surface area contributed by atoms with Gasteiger partial charge < -0.3 is 15.4 Å². The van der Waals surface area contributed by atoms with Crippen LogP contribution in [-0.4, -0.2) is 25.1 Å². The van der Waals surface area contributed by atoms with Crippen molar-refractivity contribution < 1.29 is 9.53 Å². The van der Waals surface area contributed by atoms with Gasteiger partial charge in [-0.25, -0.2) is 0 Å². The Labute approximate surface area is 114 Å². The normalized spacial score (nSPS) is 19.1. The SMILES string of the molecule is CCN1C(=O)C(C)Oc2ccc(C(C)(C)CN)cc21. The van der Waals surface area contributed by atoms with Gasteiger partial charge in [-0.1, -0.05) is 19.9 Å². The molecule has 0 aromatic heterocycles. The first-order valence-electron chi connectivity index (χ1n) is 6.73. The van der Waals surface area contributed by atoms with Crippen molar-refractivity contribution in [2.45, 2.75) is 39.2 Å². The average molecular weight is 262 g/mol. The molecule has 1 amide bonds. The number of anilines is 1. The Kier molecular flexibility index (Phi) is 3.54. The first-order chi connectivity index (χ1) is 8.90. The highest BCUT2D eigenvalue weighted by Crippen LogP contribution is 2.37. The number of nitrogens with two attached hydrogens (primary N) is 1. The Morgan fingerprint density at radius 1 is 1.42 bits per heavy atom. The Balaban J connectivity index is 2.49. The number of rotatable bonds is 3. The maximum Gasteiger partial charge on any atom is 0.267 e. The zero-order valence-electron chi connectivity index (χ0n) is 12.1. The molecule has 1 aromatic rings. The number of carbonyl (C=O) groups excluding carboxylic acids is 1. The number of fused-ring (bicyclic) bond motifs is 1. The van der Waals surface area contributed by atoms with Gasteiger partial charge in [0, 0.05) is 18.5 Å². The van der Waals surface area contributed by atoms with E-state index in [1.165, 1.54) is 0 Å². The second-order valence-electron chi connectivity index (χ2n) is 5.61. The van der Waals surface area contributed by atoms with Crippen LogP contribution in [0.15, 0.2) is 18.2 Å². The van der Waals surface area contributed by atoms with E-state index >= 15 is 0 Å². The third-order valence-corrected chi connectivity index (χ3v) is 3.78. The number of carbonyl (C=O) groups is 1. The van der Waals surface area contributed by atoms with Gasteiger partial charge in [0.25, 0.3) is 5.91 Å². The van der Waals surface area contributed by atoms with Crippen molar-refractivity contribution in [3.05, 3.63) is 23.8 Å². The van der Waals surface area contributed by atoms with E-state index < -0.39 is 6.10 Å². The number of amides is 1. The molecule has 2 rings (SSSR count). The van der Waals surface area contributed by atoms with Crippen LogP contribution in [0.25, 0.3) is 0 Å². The zero-order chi connectivity index (χ0) is 14.2. The quantitative estimate of drug-likeness (QED) is 0.907. The van der Waals surface area contributed by atoms with Crippen molar-refractivity contribution >= 4 is 11.6 Å². The van der Waals surface area contributed by atoms with Crippen molar-refractivity contribution in [1.82, 2.24) is 0 Å². The van der Waals surface area contributed by atoms with Crippen LogP contribution in [0.1, 0.15) is 33.3 Å². The largest absolute Gasteiger partial charge is 0.479 e. The molecule has 0 aliphatic carbocycles. The Morgan fingerprint density at radius 2 is 2.11 bits per heavy atom. The van der Waals surface area contributed by atoms with Gasteiger partial charge in [0.2, 0.25) is 0 Å². The smallest absolute Gasteiger partial charge is 0.267 e. The summed E-state index contributed by atoms with van der Waals surface area (Å²) < 4.78 is 5.65. The van der Waals surface area contributed by atoms with Crippen molar-refractivity contribution in [1.29, 1.82) is 0 Å². The molecule has 0 saturated heterocycles. The molecule has 2 N–H and O–H groups in total. The van der Waals surface area contributed by atoms with E-state index in [0.717, 1.165) is 17.0 Å². The van der Waals surface area contributed by atoms with Crippen LogP contribution in [0.2, 0.25) is 0 Å². The number of benzene rings is 1. The summed E-state index contributed by atoms with van der Waals surface area (Å²) in [6.45, 7) is 9.15. The van der Waals surface area contributed by atoms with E-state index in [1.54, 1.807) is 11.8 Å². The molecule has 1 aromatic carbocycles. The highest BCUT2D eigenvalue weighted by Gasteiger charge is 2.31. The molecular formula is C15H22N2O2. The lowest BCUT2D eigenvalue weighted by atomic mass is 9.84. The van der Waals surface area contributed by atoms with Gasteiger partial charge in [-0.2, -0.15) is 0 Å². The second-order valence-corrected chi connectivity index (χ2v) is 5.61. The molecule has 0 saturated carbocycles. The fraction of sp³-hybridized carbons (Fsp3) is 0.533. The predicted octanol–water partition coefficient (Wildman–Crippen LogP) is 2.06. The highest BCUT2D eigenvalue weighted by molar-refractivity contribution is 5.99. The molecule has 104 valence electrons. The lowest BCUT2D eigenvalue weighted by Gasteiger charge is -2.34. The number of hydrogen-bond acceptors (Lipinski definition) is 3. The van der Waals surface area contributed by atoms with Gasteiger partial charge in [-0.05, 0) is 31.5 Å². The van der Waals surface area contributed by atoms with Gasteiger partial charge in [0.15, 0.2) is 6.10 Å². The monoisotopic (exact) mass is 262 g/mol. The average Bonchev–Trinajstić information content (AvgIpc) is 2.40. The summed E-state index contributed by atoms with van der Waals surface area (Å²) >= 11 is 0. The predicted molar refractivity (Wildman–Crippen MR) is 76.6 cm³/mol. The molecule has 1 heterocycles. The minimum absolute atomic E-state index is 0.0118. The van der Waals surface area contributed by atoms with Crippen LogP contribution in [-0.2, 0) is 10.2 Å². The molecule has 1 unspecified atom stereocenters. The standard InChI is InChI=1S/C15H22N2O2/c1-5-17-12-8-11(15(3,4)9-16)6-7-13(12)19-10(2)14(17)18/h6-8,10H,5,9,16H2,1-4H3.